The van der Waals surface area contributed by atoms with E-state index in [1.165, 1.54) is 21.6 Å². The first-order chi connectivity index (χ1) is 9.58. The first-order valence-corrected chi connectivity index (χ1v) is 8.37. The van der Waals surface area contributed by atoms with E-state index in [1.54, 1.807) is 0 Å². The summed E-state index contributed by atoms with van der Waals surface area (Å²) in [4.78, 5) is 1.38. The maximum atomic E-state index is 2.38. The van der Waals surface area contributed by atoms with Gasteiger partial charge in [-0.15, -0.1) is 11.8 Å². The van der Waals surface area contributed by atoms with Gasteiger partial charge in [-0.25, -0.2) is 0 Å². The van der Waals surface area contributed by atoms with Crippen LogP contribution in [0, 0.1) is 0 Å². The molecule has 1 heteroatoms. The number of thioether (sulfide) groups is 1. The van der Waals surface area contributed by atoms with Crippen LogP contribution in [0.25, 0.3) is 0 Å². The Balaban J connectivity index is 2.15. The van der Waals surface area contributed by atoms with Crippen molar-refractivity contribution in [2.45, 2.75) is 50.2 Å². The van der Waals surface area contributed by atoms with Crippen LogP contribution in [0.2, 0.25) is 0 Å². The Hall–Kier alpha value is -1.21. The van der Waals surface area contributed by atoms with Gasteiger partial charge in [-0.05, 0) is 40.7 Å². The summed E-state index contributed by atoms with van der Waals surface area (Å²) in [6, 6.07) is 17.6. The highest BCUT2D eigenvalue weighted by Gasteiger charge is 2.10. The van der Waals surface area contributed by atoms with Crippen LogP contribution in [0.1, 0.15) is 56.2 Å². The van der Waals surface area contributed by atoms with E-state index in [-0.39, 0.29) is 0 Å². The second-order valence-corrected chi connectivity index (χ2v) is 6.92. The topological polar surface area (TPSA) is 0 Å². The number of benzene rings is 2. The molecule has 0 aliphatic rings. The molecule has 0 spiro atoms. The van der Waals surface area contributed by atoms with Gasteiger partial charge < -0.3 is 0 Å². The summed E-state index contributed by atoms with van der Waals surface area (Å²) in [5.41, 5.74) is 4.37. The van der Waals surface area contributed by atoms with E-state index in [4.69, 9.17) is 0 Å². The number of hydrogen-bond acceptors (Lipinski definition) is 1. The fourth-order valence-electron chi connectivity index (χ4n) is 2.41. The Morgan fingerprint density at radius 3 is 2.05 bits per heavy atom. The van der Waals surface area contributed by atoms with Gasteiger partial charge in [0.1, 0.15) is 0 Å². The molecule has 0 aliphatic carbocycles. The van der Waals surface area contributed by atoms with Crippen LogP contribution in [-0.2, 0) is 5.75 Å². The van der Waals surface area contributed by atoms with Gasteiger partial charge in [0.15, 0.2) is 0 Å². The van der Waals surface area contributed by atoms with Gasteiger partial charge in [-0.3, -0.25) is 0 Å². The highest BCUT2D eigenvalue weighted by atomic mass is 32.2. The summed E-state index contributed by atoms with van der Waals surface area (Å²) < 4.78 is 0. The molecule has 0 saturated carbocycles. The van der Waals surface area contributed by atoms with Crippen molar-refractivity contribution in [1.82, 2.24) is 0 Å². The van der Waals surface area contributed by atoms with Crippen molar-refractivity contribution in [2.24, 2.45) is 0 Å². The molecule has 0 radical (unpaired) electrons. The lowest BCUT2D eigenvalue weighted by Crippen LogP contribution is -1.98. The van der Waals surface area contributed by atoms with Gasteiger partial charge in [0.25, 0.3) is 0 Å². The molecule has 0 unspecified atom stereocenters. The molecule has 0 aliphatic heterocycles. The second kappa shape index (κ2) is 6.99. The minimum Gasteiger partial charge on any atom is -0.121 e. The lowest BCUT2D eigenvalue weighted by Gasteiger charge is -2.17. The Labute approximate surface area is 127 Å². The van der Waals surface area contributed by atoms with Crippen molar-refractivity contribution in [1.29, 1.82) is 0 Å². The number of hydrogen-bond donors (Lipinski definition) is 0. The third-order valence-electron chi connectivity index (χ3n) is 3.55. The van der Waals surface area contributed by atoms with E-state index < -0.39 is 0 Å². The van der Waals surface area contributed by atoms with Crippen molar-refractivity contribution in [3.05, 3.63) is 65.2 Å². The van der Waals surface area contributed by atoms with Crippen molar-refractivity contribution in [3.8, 4) is 0 Å². The fraction of sp³-hybridized carbons (Fsp3) is 0.368. The van der Waals surface area contributed by atoms with Crippen LogP contribution in [0.15, 0.2) is 53.4 Å². The van der Waals surface area contributed by atoms with Gasteiger partial charge in [0.2, 0.25) is 0 Å². The third kappa shape index (κ3) is 3.89. The van der Waals surface area contributed by atoms with E-state index in [1.807, 2.05) is 11.8 Å². The maximum absolute atomic E-state index is 2.38. The molecule has 0 heterocycles. The Kier molecular flexibility index (Phi) is 5.31. The lowest BCUT2D eigenvalue weighted by atomic mass is 9.91. The predicted octanol–water partition coefficient (Wildman–Crippen LogP) is 6.23. The van der Waals surface area contributed by atoms with E-state index in [0.29, 0.717) is 11.8 Å². The zero-order chi connectivity index (χ0) is 14.5. The number of rotatable bonds is 5. The molecule has 106 valence electrons. The molecule has 0 nitrogen and oxygen atoms in total. The monoisotopic (exact) mass is 284 g/mol. The van der Waals surface area contributed by atoms with Crippen LogP contribution in [0.3, 0.4) is 0 Å². The average molecular weight is 284 g/mol. The smallest absolute Gasteiger partial charge is 0.0231 e. The van der Waals surface area contributed by atoms with E-state index >= 15 is 0 Å². The summed E-state index contributed by atoms with van der Waals surface area (Å²) in [5.74, 6) is 2.23. The third-order valence-corrected chi connectivity index (χ3v) is 4.62. The van der Waals surface area contributed by atoms with Crippen molar-refractivity contribution in [2.75, 3.05) is 0 Å². The van der Waals surface area contributed by atoms with Gasteiger partial charge in [0.05, 0.1) is 0 Å². The highest BCUT2D eigenvalue weighted by Crippen LogP contribution is 2.31. The van der Waals surface area contributed by atoms with Crippen molar-refractivity contribution >= 4 is 11.8 Å². The molecule has 0 atom stereocenters. The first-order valence-electron chi connectivity index (χ1n) is 7.38. The van der Waals surface area contributed by atoms with Crippen LogP contribution in [-0.4, -0.2) is 0 Å². The molecular formula is C19H24S. The van der Waals surface area contributed by atoms with Crippen LogP contribution in [0.4, 0.5) is 0 Å². The summed E-state index contributed by atoms with van der Waals surface area (Å²) in [7, 11) is 0. The molecule has 2 aromatic rings. The summed E-state index contributed by atoms with van der Waals surface area (Å²) in [6.07, 6.45) is 0. The van der Waals surface area contributed by atoms with E-state index in [9.17, 15) is 0 Å². The zero-order valence-electron chi connectivity index (χ0n) is 12.9. The first kappa shape index (κ1) is 15.2. The van der Waals surface area contributed by atoms with E-state index in [2.05, 4.69) is 76.2 Å². The Morgan fingerprint density at radius 2 is 1.45 bits per heavy atom. The minimum absolute atomic E-state index is 0.588. The molecular weight excluding hydrogens is 260 g/mol. The lowest BCUT2D eigenvalue weighted by molar-refractivity contribution is 0.786. The largest absolute Gasteiger partial charge is 0.121 e. The van der Waals surface area contributed by atoms with Crippen molar-refractivity contribution < 1.29 is 0 Å². The Bertz CT molecular complexity index is 541. The molecule has 0 aromatic heterocycles. The molecule has 0 amide bonds. The summed E-state index contributed by atoms with van der Waals surface area (Å²) in [6.45, 7) is 9.12. The second-order valence-electron chi connectivity index (χ2n) is 5.87. The normalized spacial score (nSPS) is 11.3. The van der Waals surface area contributed by atoms with Gasteiger partial charge in [-0.1, -0.05) is 64.1 Å². The SMILES string of the molecule is CC(C)c1ccc(SCc2ccccc2)cc1C(C)C. The quantitative estimate of drug-likeness (QED) is 0.587. The van der Waals surface area contributed by atoms with Gasteiger partial charge in [-0.2, -0.15) is 0 Å². The zero-order valence-corrected chi connectivity index (χ0v) is 13.7. The average Bonchev–Trinajstić information content (AvgIpc) is 2.45. The molecule has 20 heavy (non-hydrogen) atoms. The minimum atomic E-state index is 0.588. The predicted molar refractivity (Wildman–Crippen MR) is 90.6 cm³/mol. The summed E-state index contributed by atoms with van der Waals surface area (Å²) >= 11 is 1.93. The highest BCUT2D eigenvalue weighted by molar-refractivity contribution is 7.98. The molecule has 0 bridgehead atoms. The van der Waals surface area contributed by atoms with Crippen LogP contribution in [0.5, 0.6) is 0 Å². The molecule has 2 rings (SSSR count). The van der Waals surface area contributed by atoms with Crippen LogP contribution >= 0.6 is 11.8 Å². The standard InChI is InChI=1S/C19H24S/c1-14(2)18-11-10-17(12-19(18)15(3)4)20-13-16-8-6-5-7-9-16/h5-12,14-15H,13H2,1-4H3. The molecule has 0 N–H and O–H groups in total. The van der Waals surface area contributed by atoms with Crippen molar-refractivity contribution in [3.63, 3.8) is 0 Å². The molecule has 0 saturated heterocycles. The fourth-order valence-corrected chi connectivity index (χ4v) is 3.31. The Morgan fingerprint density at radius 1 is 0.800 bits per heavy atom. The maximum Gasteiger partial charge on any atom is 0.0231 e. The molecule has 0 fully saturated rings. The van der Waals surface area contributed by atoms with Crippen LogP contribution < -0.4 is 0 Å². The van der Waals surface area contributed by atoms with Gasteiger partial charge >= 0.3 is 0 Å². The molecule has 2 aromatic carbocycles. The summed E-state index contributed by atoms with van der Waals surface area (Å²) in [5, 5.41) is 0. The van der Waals surface area contributed by atoms with E-state index in [0.717, 1.165) is 5.75 Å². The van der Waals surface area contributed by atoms with Gasteiger partial charge in [0, 0.05) is 10.6 Å².